The van der Waals surface area contributed by atoms with Crippen LogP contribution < -0.4 is 5.32 Å². The van der Waals surface area contributed by atoms with Crippen LogP contribution in [0, 0.1) is 5.92 Å². The Balaban J connectivity index is 1.71. The first-order valence-electron chi connectivity index (χ1n) is 7.22. The molecule has 1 N–H and O–H groups in total. The monoisotopic (exact) mass is 240 g/mol. The van der Waals surface area contributed by atoms with E-state index in [-0.39, 0.29) is 0 Å². The lowest BCUT2D eigenvalue weighted by Gasteiger charge is -2.33. The largest absolute Gasteiger partial charge is 0.373 e. The van der Waals surface area contributed by atoms with Crippen molar-refractivity contribution in [1.82, 2.24) is 10.2 Å². The van der Waals surface area contributed by atoms with Gasteiger partial charge in [-0.1, -0.05) is 13.8 Å². The maximum atomic E-state index is 6.29. The van der Waals surface area contributed by atoms with Gasteiger partial charge in [-0.3, -0.25) is 0 Å². The van der Waals surface area contributed by atoms with Gasteiger partial charge < -0.3 is 15.0 Å². The summed E-state index contributed by atoms with van der Waals surface area (Å²) in [4.78, 5) is 2.40. The molecule has 1 atom stereocenters. The third-order valence-corrected chi connectivity index (χ3v) is 3.96. The minimum absolute atomic E-state index is 0.393. The van der Waals surface area contributed by atoms with Crippen LogP contribution in [0.3, 0.4) is 0 Å². The van der Waals surface area contributed by atoms with Crippen molar-refractivity contribution in [1.29, 1.82) is 0 Å². The number of rotatable bonds is 6. The summed E-state index contributed by atoms with van der Waals surface area (Å²) in [5.41, 5.74) is 0. The molecule has 0 bridgehead atoms. The van der Waals surface area contributed by atoms with E-state index in [9.17, 15) is 0 Å². The number of ether oxygens (including phenoxy) is 1. The fraction of sp³-hybridized carbons (Fsp3) is 1.00. The second-order valence-electron chi connectivity index (χ2n) is 6.10. The van der Waals surface area contributed by atoms with Crippen molar-refractivity contribution in [3.05, 3.63) is 0 Å². The molecule has 3 heteroatoms. The second kappa shape index (κ2) is 6.17. The lowest BCUT2D eigenvalue weighted by atomic mass is 10.0. The van der Waals surface area contributed by atoms with Crippen molar-refractivity contribution >= 4 is 0 Å². The van der Waals surface area contributed by atoms with Gasteiger partial charge in [-0.15, -0.1) is 0 Å². The van der Waals surface area contributed by atoms with E-state index in [1.165, 1.54) is 38.8 Å². The molecule has 2 fully saturated rings. The Morgan fingerprint density at radius 2 is 1.82 bits per heavy atom. The second-order valence-corrected chi connectivity index (χ2v) is 6.10. The Kier molecular flexibility index (Phi) is 4.83. The lowest BCUT2D eigenvalue weighted by Crippen LogP contribution is -2.41. The zero-order valence-corrected chi connectivity index (χ0v) is 11.6. The molecule has 0 spiro atoms. The maximum Gasteiger partial charge on any atom is 0.0726 e. The minimum Gasteiger partial charge on any atom is -0.373 e. The van der Waals surface area contributed by atoms with Gasteiger partial charge in [0, 0.05) is 25.7 Å². The third-order valence-electron chi connectivity index (χ3n) is 3.96. The van der Waals surface area contributed by atoms with Gasteiger partial charge in [0.15, 0.2) is 0 Å². The highest BCUT2D eigenvalue weighted by Crippen LogP contribution is 2.21. The molecule has 3 nitrogen and oxygen atoms in total. The van der Waals surface area contributed by atoms with E-state index in [2.05, 4.69) is 31.1 Å². The average Bonchev–Trinajstić information content (AvgIpc) is 3.10. The smallest absolute Gasteiger partial charge is 0.0726 e. The highest BCUT2D eigenvalue weighted by molar-refractivity contribution is 4.83. The first-order chi connectivity index (χ1) is 8.15. The van der Waals surface area contributed by atoms with E-state index < -0.39 is 0 Å². The Morgan fingerprint density at radius 3 is 2.35 bits per heavy atom. The first-order valence-corrected chi connectivity index (χ1v) is 7.22. The molecular weight excluding hydrogens is 212 g/mol. The molecule has 2 aliphatic rings. The zero-order chi connectivity index (χ0) is 12.3. The fourth-order valence-electron chi connectivity index (χ4n) is 2.38. The van der Waals surface area contributed by atoms with Crippen molar-refractivity contribution in [2.24, 2.45) is 5.92 Å². The Morgan fingerprint density at radius 1 is 1.18 bits per heavy atom. The van der Waals surface area contributed by atoms with Crippen LogP contribution in [0.4, 0.5) is 0 Å². The number of nitrogens with zero attached hydrogens (tertiary/aromatic N) is 1. The van der Waals surface area contributed by atoms with E-state index in [0.29, 0.717) is 18.1 Å². The van der Waals surface area contributed by atoms with Crippen molar-refractivity contribution in [2.75, 3.05) is 26.7 Å². The summed E-state index contributed by atoms with van der Waals surface area (Å²) >= 11 is 0. The topological polar surface area (TPSA) is 24.5 Å². The summed E-state index contributed by atoms with van der Waals surface area (Å²) in [6, 6.07) is 0.789. The molecule has 1 saturated heterocycles. The molecule has 2 rings (SSSR count). The summed E-state index contributed by atoms with van der Waals surface area (Å²) in [7, 11) is 2.20. The Hall–Kier alpha value is -0.120. The molecule has 1 unspecified atom stereocenters. The van der Waals surface area contributed by atoms with E-state index in [4.69, 9.17) is 4.74 Å². The first kappa shape index (κ1) is 13.3. The van der Waals surface area contributed by atoms with Crippen LogP contribution >= 0.6 is 0 Å². The molecule has 17 heavy (non-hydrogen) atoms. The summed E-state index contributed by atoms with van der Waals surface area (Å²) < 4.78 is 6.29. The third kappa shape index (κ3) is 4.57. The molecule has 1 heterocycles. The maximum absolute atomic E-state index is 6.29. The van der Waals surface area contributed by atoms with Crippen LogP contribution in [-0.2, 0) is 4.74 Å². The van der Waals surface area contributed by atoms with Gasteiger partial charge in [-0.2, -0.15) is 0 Å². The van der Waals surface area contributed by atoms with Crippen molar-refractivity contribution in [2.45, 2.75) is 57.8 Å². The molecule has 0 aromatic rings. The van der Waals surface area contributed by atoms with Gasteiger partial charge in [-0.05, 0) is 38.6 Å². The molecule has 1 saturated carbocycles. The summed E-state index contributed by atoms with van der Waals surface area (Å²) in [6.07, 6.45) is 5.99. The highest BCUT2D eigenvalue weighted by Gasteiger charge is 2.26. The number of hydrogen-bond donors (Lipinski definition) is 1. The number of likely N-dealkylation sites (tertiary alicyclic amines) is 1. The van der Waals surface area contributed by atoms with Gasteiger partial charge in [0.2, 0.25) is 0 Å². The van der Waals surface area contributed by atoms with Crippen molar-refractivity contribution < 1.29 is 4.74 Å². The SMILES string of the molecule is CC(C)C(CNC1CC1)OC1CCN(C)CC1. The van der Waals surface area contributed by atoms with Gasteiger partial charge in [-0.25, -0.2) is 0 Å². The van der Waals surface area contributed by atoms with E-state index in [1.54, 1.807) is 0 Å². The predicted molar refractivity (Wildman–Crippen MR) is 71.3 cm³/mol. The normalized spacial score (nSPS) is 25.4. The van der Waals surface area contributed by atoms with E-state index in [1.807, 2.05) is 0 Å². The molecule has 1 aliphatic carbocycles. The number of hydrogen-bond acceptors (Lipinski definition) is 3. The van der Waals surface area contributed by atoms with E-state index in [0.717, 1.165) is 12.6 Å². The summed E-state index contributed by atoms with van der Waals surface area (Å²) in [6.45, 7) is 7.95. The van der Waals surface area contributed by atoms with Crippen LogP contribution in [0.25, 0.3) is 0 Å². The van der Waals surface area contributed by atoms with Gasteiger partial charge in [0.25, 0.3) is 0 Å². The zero-order valence-electron chi connectivity index (χ0n) is 11.6. The molecule has 100 valence electrons. The number of piperidine rings is 1. The van der Waals surface area contributed by atoms with E-state index >= 15 is 0 Å². The highest BCUT2D eigenvalue weighted by atomic mass is 16.5. The molecular formula is C14H28N2O. The predicted octanol–water partition coefficient (Wildman–Crippen LogP) is 1.87. The minimum atomic E-state index is 0.393. The fourth-order valence-corrected chi connectivity index (χ4v) is 2.38. The molecule has 0 aromatic carbocycles. The standard InChI is InChI=1S/C14H28N2O/c1-11(2)14(10-15-12-4-5-12)17-13-6-8-16(3)9-7-13/h11-15H,4-10H2,1-3H3. The van der Waals surface area contributed by atoms with Gasteiger partial charge in [0.05, 0.1) is 12.2 Å². The van der Waals surface area contributed by atoms with Crippen LogP contribution in [0.15, 0.2) is 0 Å². The summed E-state index contributed by atoms with van der Waals surface area (Å²) in [5.74, 6) is 0.612. The Labute approximate surface area is 106 Å². The van der Waals surface area contributed by atoms with Crippen LogP contribution in [0.2, 0.25) is 0 Å². The molecule has 0 amide bonds. The molecule has 0 aromatic heterocycles. The van der Waals surface area contributed by atoms with Gasteiger partial charge >= 0.3 is 0 Å². The summed E-state index contributed by atoms with van der Waals surface area (Å²) in [5, 5.41) is 3.60. The van der Waals surface area contributed by atoms with Crippen LogP contribution in [-0.4, -0.2) is 49.8 Å². The van der Waals surface area contributed by atoms with Crippen LogP contribution in [0.1, 0.15) is 39.5 Å². The number of nitrogens with one attached hydrogen (secondary N) is 1. The lowest BCUT2D eigenvalue weighted by molar-refractivity contribution is -0.0574. The van der Waals surface area contributed by atoms with Gasteiger partial charge in [0.1, 0.15) is 0 Å². The Bertz CT molecular complexity index is 220. The quantitative estimate of drug-likeness (QED) is 0.767. The van der Waals surface area contributed by atoms with Crippen molar-refractivity contribution in [3.63, 3.8) is 0 Å². The molecule has 1 aliphatic heterocycles. The van der Waals surface area contributed by atoms with Crippen LogP contribution in [0.5, 0.6) is 0 Å². The average molecular weight is 240 g/mol. The van der Waals surface area contributed by atoms with Crippen molar-refractivity contribution in [3.8, 4) is 0 Å². The molecule has 0 radical (unpaired) electrons.